The van der Waals surface area contributed by atoms with Gasteiger partial charge in [-0.3, -0.25) is 4.79 Å². The normalized spacial score (nSPS) is 13.8. The molecule has 1 aliphatic heterocycles. The summed E-state index contributed by atoms with van der Waals surface area (Å²) in [5.41, 5.74) is 2.88. The molecule has 0 radical (unpaired) electrons. The molecule has 0 aliphatic carbocycles. The zero-order valence-corrected chi connectivity index (χ0v) is 15.4. The Kier molecular flexibility index (Phi) is 4.16. The third kappa shape index (κ3) is 2.94. The number of hydrogen-bond acceptors (Lipinski definition) is 5. The van der Waals surface area contributed by atoms with E-state index in [9.17, 15) is 9.90 Å². The molecule has 0 bridgehead atoms. The van der Waals surface area contributed by atoms with E-state index in [0.29, 0.717) is 31.1 Å². The van der Waals surface area contributed by atoms with Gasteiger partial charge in [0.2, 0.25) is 0 Å². The van der Waals surface area contributed by atoms with Gasteiger partial charge in [0, 0.05) is 27.6 Å². The monoisotopic (exact) mass is 369 g/mol. The van der Waals surface area contributed by atoms with Crippen LogP contribution in [0.1, 0.15) is 26.6 Å². The molecule has 1 aliphatic rings. The maximum atomic E-state index is 12.8. The minimum atomic E-state index is -0.142. The Balaban J connectivity index is 1.70. The Labute approximate surface area is 155 Å². The summed E-state index contributed by atoms with van der Waals surface area (Å²) in [6, 6.07) is 7.80. The molecule has 26 heavy (non-hydrogen) atoms. The second-order valence-electron chi connectivity index (χ2n) is 6.35. The van der Waals surface area contributed by atoms with E-state index in [2.05, 4.69) is 16.0 Å². The lowest BCUT2D eigenvalue weighted by Gasteiger charge is -2.19. The van der Waals surface area contributed by atoms with Gasteiger partial charge in [0.15, 0.2) is 11.5 Å². The van der Waals surface area contributed by atoms with E-state index in [0.717, 1.165) is 21.7 Å². The third-order valence-electron chi connectivity index (χ3n) is 4.46. The summed E-state index contributed by atoms with van der Waals surface area (Å²) in [6.45, 7) is 5.00. The molecule has 1 aromatic carbocycles. The summed E-state index contributed by atoms with van der Waals surface area (Å²) < 4.78 is 5.73. The Hall–Kier alpha value is -2.80. The third-order valence-corrected chi connectivity index (χ3v) is 5.51. The molecule has 0 saturated heterocycles. The Morgan fingerprint density at radius 1 is 1.35 bits per heavy atom. The molecule has 1 amide bonds. The van der Waals surface area contributed by atoms with E-state index in [1.807, 2.05) is 26.0 Å². The summed E-state index contributed by atoms with van der Waals surface area (Å²) in [7, 11) is 0. The van der Waals surface area contributed by atoms with Crippen LogP contribution in [0.3, 0.4) is 0 Å². The maximum Gasteiger partial charge on any atom is 0.274 e. The number of phenolic OH excluding ortho intramolecular Hbond substituents is 1. The molecular weight excluding hydrogens is 350 g/mol. The first kappa shape index (κ1) is 16.7. The number of aromatic hydroxyl groups is 1. The van der Waals surface area contributed by atoms with E-state index >= 15 is 0 Å². The molecule has 3 heterocycles. The van der Waals surface area contributed by atoms with Crippen molar-refractivity contribution in [2.75, 3.05) is 13.2 Å². The summed E-state index contributed by atoms with van der Waals surface area (Å²) in [4.78, 5) is 23.9. The van der Waals surface area contributed by atoms with Gasteiger partial charge in [-0.05, 0) is 43.7 Å². The number of nitrogens with zero attached hydrogens (tertiary/aromatic N) is 2. The van der Waals surface area contributed by atoms with E-state index in [-0.39, 0.29) is 11.7 Å². The molecule has 4 rings (SSSR count). The number of H-pyrrole nitrogens is 1. The van der Waals surface area contributed by atoms with Crippen LogP contribution in [-0.4, -0.2) is 39.0 Å². The number of amides is 1. The van der Waals surface area contributed by atoms with Crippen molar-refractivity contribution in [2.45, 2.75) is 20.4 Å². The highest BCUT2D eigenvalue weighted by Crippen LogP contribution is 2.39. The molecule has 2 aromatic heterocycles. The number of rotatable bonds is 2. The van der Waals surface area contributed by atoms with Gasteiger partial charge in [0.25, 0.3) is 5.91 Å². The highest BCUT2D eigenvalue weighted by atomic mass is 32.1. The second-order valence-corrected chi connectivity index (χ2v) is 7.63. The van der Waals surface area contributed by atoms with E-state index in [4.69, 9.17) is 4.74 Å². The predicted octanol–water partition coefficient (Wildman–Crippen LogP) is 3.50. The second kappa shape index (κ2) is 6.49. The van der Waals surface area contributed by atoms with Crippen LogP contribution >= 0.6 is 11.3 Å². The number of nitrogens with one attached hydrogen (secondary N) is 1. The standard InChI is InChI=1S/C19H19N3O3S/c1-11-3-4-16(26-11)13-7-14-9-22(5-6-25-18(14)15(23)8-13)19(24)17-12(2)20-10-21-17/h3-4,7-8,10,23H,5-6,9H2,1-2H3,(H,20,21). The first-order valence-electron chi connectivity index (χ1n) is 8.37. The van der Waals surface area contributed by atoms with Crippen LogP contribution in [0, 0.1) is 13.8 Å². The number of benzene rings is 1. The molecule has 0 spiro atoms. The molecule has 0 unspecified atom stereocenters. The van der Waals surface area contributed by atoms with Crippen molar-refractivity contribution in [3.8, 4) is 21.9 Å². The van der Waals surface area contributed by atoms with Gasteiger partial charge < -0.3 is 19.7 Å². The number of phenols is 1. The number of carbonyl (C=O) groups excluding carboxylic acids is 1. The smallest absolute Gasteiger partial charge is 0.274 e. The minimum Gasteiger partial charge on any atom is -0.504 e. The lowest BCUT2D eigenvalue weighted by atomic mass is 10.1. The van der Waals surface area contributed by atoms with Crippen molar-refractivity contribution in [3.63, 3.8) is 0 Å². The van der Waals surface area contributed by atoms with Crippen molar-refractivity contribution >= 4 is 17.2 Å². The number of thiophene rings is 1. The summed E-state index contributed by atoms with van der Waals surface area (Å²) in [6.07, 6.45) is 1.52. The molecule has 3 aromatic rings. The first-order chi connectivity index (χ1) is 12.5. The quantitative estimate of drug-likeness (QED) is 0.725. The number of aryl methyl sites for hydroxylation is 2. The molecule has 2 N–H and O–H groups in total. The fourth-order valence-electron chi connectivity index (χ4n) is 3.13. The number of imidazole rings is 1. The van der Waals surface area contributed by atoms with Gasteiger partial charge in [-0.15, -0.1) is 11.3 Å². The van der Waals surface area contributed by atoms with Crippen LogP contribution < -0.4 is 4.74 Å². The zero-order chi connectivity index (χ0) is 18.3. The molecule has 0 atom stereocenters. The van der Waals surface area contributed by atoms with E-state index < -0.39 is 0 Å². The van der Waals surface area contributed by atoms with Crippen molar-refractivity contribution in [3.05, 3.63) is 52.4 Å². The lowest BCUT2D eigenvalue weighted by molar-refractivity contribution is 0.0727. The van der Waals surface area contributed by atoms with Crippen LogP contribution in [0.25, 0.3) is 10.4 Å². The van der Waals surface area contributed by atoms with Crippen molar-refractivity contribution < 1.29 is 14.6 Å². The maximum absolute atomic E-state index is 12.8. The van der Waals surface area contributed by atoms with Crippen molar-refractivity contribution in [2.24, 2.45) is 0 Å². The molecular formula is C19H19N3O3S. The van der Waals surface area contributed by atoms with Crippen LogP contribution in [0.2, 0.25) is 0 Å². The van der Waals surface area contributed by atoms with Gasteiger partial charge >= 0.3 is 0 Å². The largest absolute Gasteiger partial charge is 0.504 e. The number of hydrogen-bond donors (Lipinski definition) is 2. The Bertz CT molecular complexity index is 976. The van der Waals surface area contributed by atoms with Crippen LogP contribution in [-0.2, 0) is 6.54 Å². The highest BCUT2D eigenvalue weighted by molar-refractivity contribution is 7.15. The summed E-state index contributed by atoms with van der Waals surface area (Å²) in [5.74, 6) is 0.418. The van der Waals surface area contributed by atoms with Gasteiger partial charge in [0.1, 0.15) is 12.3 Å². The number of aromatic nitrogens is 2. The fraction of sp³-hybridized carbons (Fsp3) is 0.263. The van der Waals surface area contributed by atoms with Crippen molar-refractivity contribution in [1.29, 1.82) is 0 Å². The lowest BCUT2D eigenvalue weighted by Crippen LogP contribution is -2.33. The molecule has 0 saturated carbocycles. The average Bonchev–Trinajstić information content (AvgIpc) is 3.17. The van der Waals surface area contributed by atoms with Gasteiger partial charge in [0.05, 0.1) is 12.9 Å². The van der Waals surface area contributed by atoms with Gasteiger partial charge in [-0.2, -0.15) is 0 Å². The molecule has 134 valence electrons. The summed E-state index contributed by atoms with van der Waals surface area (Å²) in [5, 5.41) is 10.4. The molecule has 7 heteroatoms. The van der Waals surface area contributed by atoms with Crippen LogP contribution in [0.15, 0.2) is 30.6 Å². The van der Waals surface area contributed by atoms with E-state index in [1.54, 1.807) is 22.3 Å². The molecule has 0 fully saturated rings. The van der Waals surface area contributed by atoms with E-state index in [1.165, 1.54) is 11.2 Å². The minimum absolute atomic E-state index is 0.105. The summed E-state index contributed by atoms with van der Waals surface area (Å²) >= 11 is 1.67. The van der Waals surface area contributed by atoms with Crippen LogP contribution in [0.5, 0.6) is 11.5 Å². The topological polar surface area (TPSA) is 78.5 Å². The highest BCUT2D eigenvalue weighted by Gasteiger charge is 2.25. The van der Waals surface area contributed by atoms with Crippen LogP contribution in [0.4, 0.5) is 0 Å². The molecule has 6 nitrogen and oxygen atoms in total. The predicted molar refractivity (Wildman–Crippen MR) is 99.7 cm³/mol. The Morgan fingerprint density at radius 2 is 2.19 bits per heavy atom. The number of aromatic amines is 1. The zero-order valence-electron chi connectivity index (χ0n) is 14.6. The van der Waals surface area contributed by atoms with Gasteiger partial charge in [-0.25, -0.2) is 4.98 Å². The van der Waals surface area contributed by atoms with Gasteiger partial charge in [-0.1, -0.05) is 0 Å². The first-order valence-corrected chi connectivity index (χ1v) is 9.19. The number of carbonyl (C=O) groups is 1. The SMILES string of the molecule is Cc1ccc(-c2cc(O)c3c(c2)CN(C(=O)c2nc[nH]c2C)CCO3)s1. The fourth-order valence-corrected chi connectivity index (χ4v) is 3.98. The number of ether oxygens (including phenoxy) is 1. The average molecular weight is 369 g/mol. The van der Waals surface area contributed by atoms with Crippen molar-refractivity contribution in [1.82, 2.24) is 14.9 Å². The Morgan fingerprint density at radius 3 is 2.88 bits per heavy atom. The number of fused-ring (bicyclic) bond motifs is 1.